The van der Waals surface area contributed by atoms with E-state index in [0.717, 1.165) is 17.7 Å². The zero-order chi connectivity index (χ0) is 17.7. The van der Waals surface area contributed by atoms with Gasteiger partial charge in [-0.3, -0.25) is 19.3 Å². The standard InChI is InChI=1S/C17H21N3O4/c1-3-19-15(22)16(23)20(17(19)24)11-14(21)18-12(2)9-10-13-7-5-4-6-8-13/h4-8,12H,3,9-11H2,1-2H3,(H,18,21). The lowest BCUT2D eigenvalue weighted by Crippen LogP contribution is -2.44. The maximum absolute atomic E-state index is 12.0. The molecular formula is C17H21N3O4. The van der Waals surface area contributed by atoms with Gasteiger partial charge in [-0.05, 0) is 32.3 Å². The first kappa shape index (κ1) is 17.7. The lowest BCUT2D eigenvalue weighted by atomic mass is 10.1. The second-order valence-corrected chi connectivity index (χ2v) is 5.72. The van der Waals surface area contributed by atoms with Gasteiger partial charge in [0.2, 0.25) is 5.91 Å². The van der Waals surface area contributed by atoms with E-state index in [0.29, 0.717) is 4.90 Å². The molecule has 1 aliphatic rings. The molecule has 1 atom stereocenters. The van der Waals surface area contributed by atoms with E-state index in [4.69, 9.17) is 0 Å². The van der Waals surface area contributed by atoms with Crippen molar-refractivity contribution in [2.45, 2.75) is 32.7 Å². The Balaban J connectivity index is 1.83. The minimum Gasteiger partial charge on any atom is -0.352 e. The van der Waals surface area contributed by atoms with Gasteiger partial charge in [0.05, 0.1) is 0 Å². The number of hydrogen-bond donors (Lipinski definition) is 1. The van der Waals surface area contributed by atoms with Gasteiger partial charge in [-0.1, -0.05) is 30.3 Å². The predicted octanol–water partition coefficient (Wildman–Crippen LogP) is 0.935. The van der Waals surface area contributed by atoms with Crippen molar-refractivity contribution in [3.05, 3.63) is 35.9 Å². The molecule has 1 N–H and O–H groups in total. The number of likely N-dealkylation sites (N-methyl/N-ethyl adjacent to an activating group) is 1. The Hall–Kier alpha value is -2.70. The van der Waals surface area contributed by atoms with E-state index < -0.39 is 30.3 Å². The average molecular weight is 331 g/mol. The van der Waals surface area contributed by atoms with Crippen LogP contribution in [0.3, 0.4) is 0 Å². The molecular weight excluding hydrogens is 310 g/mol. The van der Waals surface area contributed by atoms with E-state index in [1.807, 2.05) is 37.3 Å². The van der Waals surface area contributed by atoms with Crippen molar-refractivity contribution in [3.63, 3.8) is 0 Å². The fourth-order valence-electron chi connectivity index (χ4n) is 2.53. The zero-order valence-electron chi connectivity index (χ0n) is 13.8. The van der Waals surface area contributed by atoms with Crippen molar-refractivity contribution in [2.75, 3.05) is 13.1 Å². The van der Waals surface area contributed by atoms with Gasteiger partial charge >= 0.3 is 17.8 Å². The highest BCUT2D eigenvalue weighted by atomic mass is 16.2. The van der Waals surface area contributed by atoms with Crippen LogP contribution in [0.5, 0.6) is 0 Å². The lowest BCUT2D eigenvalue weighted by Gasteiger charge is -2.17. The smallest absolute Gasteiger partial charge is 0.334 e. The maximum Gasteiger partial charge on any atom is 0.334 e. The normalized spacial score (nSPS) is 15.8. The first-order valence-corrected chi connectivity index (χ1v) is 7.94. The minimum absolute atomic E-state index is 0.106. The molecule has 0 radical (unpaired) electrons. The molecule has 0 saturated carbocycles. The number of urea groups is 1. The Kier molecular flexibility index (Phi) is 5.68. The summed E-state index contributed by atoms with van der Waals surface area (Å²) < 4.78 is 0. The molecule has 5 amide bonds. The average Bonchev–Trinajstić information content (AvgIpc) is 2.77. The SMILES string of the molecule is CCN1C(=O)C(=O)N(CC(=O)NC(C)CCc2ccccc2)C1=O. The van der Waals surface area contributed by atoms with Crippen LogP contribution < -0.4 is 5.32 Å². The molecule has 1 fully saturated rings. The first-order chi connectivity index (χ1) is 11.4. The Labute approximate surface area is 140 Å². The Morgan fingerprint density at radius 2 is 1.71 bits per heavy atom. The molecule has 24 heavy (non-hydrogen) atoms. The molecule has 1 saturated heterocycles. The number of nitrogens with zero attached hydrogens (tertiary/aromatic N) is 2. The van der Waals surface area contributed by atoms with Gasteiger partial charge in [0.1, 0.15) is 6.54 Å². The van der Waals surface area contributed by atoms with E-state index in [-0.39, 0.29) is 12.6 Å². The van der Waals surface area contributed by atoms with Crippen molar-refractivity contribution in [3.8, 4) is 0 Å². The molecule has 7 nitrogen and oxygen atoms in total. The van der Waals surface area contributed by atoms with Crippen LogP contribution in [-0.4, -0.2) is 52.7 Å². The molecule has 1 aromatic carbocycles. The predicted molar refractivity (Wildman–Crippen MR) is 86.9 cm³/mol. The van der Waals surface area contributed by atoms with E-state index in [9.17, 15) is 19.2 Å². The summed E-state index contributed by atoms with van der Waals surface area (Å²) in [5.74, 6) is -2.29. The quantitative estimate of drug-likeness (QED) is 0.595. The summed E-state index contributed by atoms with van der Waals surface area (Å²) in [6, 6.07) is 9.05. The molecule has 1 unspecified atom stereocenters. The summed E-state index contributed by atoms with van der Waals surface area (Å²) in [6.07, 6.45) is 1.55. The number of carbonyl (C=O) groups is 4. The third-order valence-corrected chi connectivity index (χ3v) is 3.87. The van der Waals surface area contributed by atoms with Crippen LogP contribution in [0.2, 0.25) is 0 Å². The third kappa shape index (κ3) is 3.98. The van der Waals surface area contributed by atoms with Crippen molar-refractivity contribution in [1.29, 1.82) is 0 Å². The van der Waals surface area contributed by atoms with Crippen LogP contribution >= 0.6 is 0 Å². The molecule has 0 bridgehead atoms. The number of carbonyl (C=O) groups excluding carboxylic acids is 4. The molecule has 1 heterocycles. The summed E-state index contributed by atoms with van der Waals surface area (Å²) in [7, 11) is 0. The second-order valence-electron chi connectivity index (χ2n) is 5.72. The molecule has 0 aromatic heterocycles. The van der Waals surface area contributed by atoms with Gasteiger partial charge in [0.25, 0.3) is 0 Å². The molecule has 0 aliphatic carbocycles. The highest BCUT2D eigenvalue weighted by molar-refractivity contribution is 6.45. The fourth-order valence-corrected chi connectivity index (χ4v) is 2.53. The summed E-state index contributed by atoms with van der Waals surface area (Å²) >= 11 is 0. The van der Waals surface area contributed by atoms with Gasteiger partial charge in [-0.2, -0.15) is 0 Å². The van der Waals surface area contributed by atoms with Crippen LogP contribution in [0.15, 0.2) is 30.3 Å². The van der Waals surface area contributed by atoms with Crippen molar-refractivity contribution in [2.24, 2.45) is 0 Å². The number of benzene rings is 1. The van der Waals surface area contributed by atoms with E-state index in [1.54, 1.807) is 6.92 Å². The van der Waals surface area contributed by atoms with E-state index >= 15 is 0 Å². The van der Waals surface area contributed by atoms with Crippen molar-refractivity contribution in [1.82, 2.24) is 15.1 Å². The van der Waals surface area contributed by atoms with Crippen molar-refractivity contribution >= 4 is 23.8 Å². The van der Waals surface area contributed by atoms with Gasteiger partial charge in [-0.25, -0.2) is 9.69 Å². The van der Waals surface area contributed by atoms with Crippen LogP contribution in [-0.2, 0) is 20.8 Å². The number of imide groups is 2. The Bertz CT molecular complexity index is 644. The van der Waals surface area contributed by atoms with Crippen LogP contribution in [0.1, 0.15) is 25.8 Å². The molecule has 1 aromatic rings. The fraction of sp³-hybridized carbons (Fsp3) is 0.412. The molecule has 2 rings (SSSR count). The number of rotatable bonds is 7. The Morgan fingerprint density at radius 3 is 2.29 bits per heavy atom. The van der Waals surface area contributed by atoms with Gasteiger partial charge in [-0.15, -0.1) is 0 Å². The van der Waals surface area contributed by atoms with Crippen LogP contribution in [0.4, 0.5) is 4.79 Å². The first-order valence-electron chi connectivity index (χ1n) is 7.94. The summed E-state index contributed by atoms with van der Waals surface area (Å²) in [5.41, 5.74) is 1.17. The number of nitrogens with one attached hydrogen (secondary N) is 1. The van der Waals surface area contributed by atoms with Gasteiger partial charge in [0.15, 0.2) is 0 Å². The summed E-state index contributed by atoms with van der Waals surface area (Å²) in [6.45, 7) is 3.13. The molecule has 7 heteroatoms. The van der Waals surface area contributed by atoms with Crippen LogP contribution in [0.25, 0.3) is 0 Å². The second kappa shape index (κ2) is 7.72. The third-order valence-electron chi connectivity index (χ3n) is 3.87. The van der Waals surface area contributed by atoms with Gasteiger partial charge in [0, 0.05) is 12.6 Å². The van der Waals surface area contributed by atoms with Gasteiger partial charge < -0.3 is 5.32 Å². The summed E-state index contributed by atoms with van der Waals surface area (Å²) in [5, 5.41) is 2.75. The lowest BCUT2D eigenvalue weighted by molar-refractivity contribution is -0.144. The molecule has 1 aliphatic heterocycles. The number of amides is 5. The number of hydrogen-bond acceptors (Lipinski definition) is 4. The molecule has 0 spiro atoms. The monoisotopic (exact) mass is 331 g/mol. The topological polar surface area (TPSA) is 86.8 Å². The number of aryl methyl sites for hydroxylation is 1. The van der Waals surface area contributed by atoms with E-state index in [2.05, 4.69) is 5.32 Å². The highest BCUT2D eigenvalue weighted by Crippen LogP contribution is 2.11. The maximum atomic E-state index is 12.0. The molecule has 128 valence electrons. The largest absolute Gasteiger partial charge is 0.352 e. The van der Waals surface area contributed by atoms with Crippen molar-refractivity contribution < 1.29 is 19.2 Å². The summed E-state index contributed by atoms with van der Waals surface area (Å²) in [4.78, 5) is 48.8. The van der Waals surface area contributed by atoms with E-state index in [1.165, 1.54) is 5.56 Å². The minimum atomic E-state index is -0.950. The highest BCUT2D eigenvalue weighted by Gasteiger charge is 2.44. The zero-order valence-corrected chi connectivity index (χ0v) is 13.8. The Morgan fingerprint density at radius 1 is 1.08 bits per heavy atom. The van der Waals surface area contributed by atoms with Crippen LogP contribution in [0, 0.1) is 0 Å².